The summed E-state index contributed by atoms with van der Waals surface area (Å²) in [5.74, 6) is 1.78. The highest BCUT2D eigenvalue weighted by Crippen LogP contribution is 2.29. The van der Waals surface area contributed by atoms with E-state index < -0.39 is 0 Å². The van der Waals surface area contributed by atoms with Crippen molar-refractivity contribution in [3.8, 4) is 0 Å². The predicted octanol–water partition coefficient (Wildman–Crippen LogP) is 3.62. The van der Waals surface area contributed by atoms with E-state index in [0.717, 1.165) is 11.8 Å². The summed E-state index contributed by atoms with van der Waals surface area (Å²) < 4.78 is 0. The van der Waals surface area contributed by atoms with Crippen molar-refractivity contribution in [2.75, 3.05) is 6.54 Å². The fraction of sp³-hybridized carbons (Fsp3) is 0.769. The quantitative estimate of drug-likeness (QED) is 0.866. The molecule has 0 radical (unpaired) electrons. The predicted molar refractivity (Wildman–Crippen MR) is 69.7 cm³/mol. The summed E-state index contributed by atoms with van der Waals surface area (Å²) in [6.07, 6.45) is 7.66. The first-order valence-corrected chi connectivity index (χ1v) is 7.27. The fourth-order valence-electron chi connectivity index (χ4n) is 2.56. The lowest BCUT2D eigenvalue weighted by Gasteiger charge is -2.29. The van der Waals surface area contributed by atoms with Crippen molar-refractivity contribution < 1.29 is 0 Å². The van der Waals surface area contributed by atoms with Crippen molar-refractivity contribution in [1.29, 1.82) is 0 Å². The van der Waals surface area contributed by atoms with Gasteiger partial charge in [0.05, 0.1) is 5.51 Å². The minimum Gasteiger partial charge on any atom is -0.309 e. The van der Waals surface area contributed by atoms with Crippen LogP contribution < -0.4 is 5.32 Å². The van der Waals surface area contributed by atoms with Crippen LogP contribution in [0.15, 0.2) is 11.7 Å². The Bertz CT molecular complexity index is 297. The molecule has 3 atom stereocenters. The first-order valence-electron chi connectivity index (χ1n) is 6.39. The minimum atomic E-state index is 0.460. The van der Waals surface area contributed by atoms with Gasteiger partial charge in [-0.15, -0.1) is 11.3 Å². The third-order valence-electron chi connectivity index (χ3n) is 3.85. The van der Waals surface area contributed by atoms with E-state index in [4.69, 9.17) is 0 Å². The van der Waals surface area contributed by atoms with Crippen molar-refractivity contribution in [2.45, 2.75) is 45.6 Å². The zero-order valence-corrected chi connectivity index (χ0v) is 11.1. The Morgan fingerprint density at radius 3 is 3.00 bits per heavy atom. The van der Waals surface area contributed by atoms with Crippen LogP contribution in [0.4, 0.5) is 0 Å². The molecule has 1 N–H and O–H groups in total. The van der Waals surface area contributed by atoms with Gasteiger partial charge in [0.2, 0.25) is 0 Å². The van der Waals surface area contributed by atoms with Gasteiger partial charge in [0.15, 0.2) is 0 Å². The van der Waals surface area contributed by atoms with Gasteiger partial charge in [-0.3, -0.25) is 4.98 Å². The van der Waals surface area contributed by atoms with Crippen molar-refractivity contribution >= 4 is 11.3 Å². The SMILES string of the molecule is CC(NCC1CCCCC1C)c1cncs1. The third kappa shape index (κ3) is 3.05. The molecule has 90 valence electrons. The number of hydrogen-bond donors (Lipinski definition) is 1. The Balaban J connectivity index is 1.78. The smallest absolute Gasteiger partial charge is 0.0794 e. The molecular formula is C13H22N2S. The average Bonchev–Trinajstić information content (AvgIpc) is 2.81. The van der Waals surface area contributed by atoms with Crippen LogP contribution in [-0.2, 0) is 0 Å². The van der Waals surface area contributed by atoms with E-state index in [1.807, 2.05) is 11.7 Å². The monoisotopic (exact) mass is 238 g/mol. The van der Waals surface area contributed by atoms with Crippen LogP contribution in [0.25, 0.3) is 0 Å². The van der Waals surface area contributed by atoms with Crippen LogP contribution in [0, 0.1) is 11.8 Å². The van der Waals surface area contributed by atoms with Gasteiger partial charge in [-0.25, -0.2) is 0 Å². The summed E-state index contributed by atoms with van der Waals surface area (Å²) in [6.45, 7) is 5.81. The molecule has 0 saturated heterocycles. The van der Waals surface area contributed by atoms with E-state index in [0.29, 0.717) is 6.04 Å². The Labute approximate surface area is 102 Å². The van der Waals surface area contributed by atoms with Gasteiger partial charge in [-0.05, 0) is 31.7 Å². The molecule has 0 spiro atoms. The highest BCUT2D eigenvalue weighted by Gasteiger charge is 2.21. The molecule has 0 amide bonds. The second-order valence-corrected chi connectivity index (χ2v) is 5.97. The van der Waals surface area contributed by atoms with Gasteiger partial charge in [0.25, 0.3) is 0 Å². The van der Waals surface area contributed by atoms with E-state index in [1.165, 1.54) is 37.1 Å². The maximum atomic E-state index is 4.13. The second kappa shape index (κ2) is 5.78. The molecule has 1 heterocycles. The number of thiazole rings is 1. The standard InChI is InChI=1S/C13H22N2S/c1-10-5-3-4-6-12(10)7-15-11(2)13-8-14-9-16-13/h8-12,15H,3-7H2,1-2H3. The summed E-state index contributed by atoms with van der Waals surface area (Å²) in [6, 6.07) is 0.460. The molecule has 2 nitrogen and oxygen atoms in total. The summed E-state index contributed by atoms with van der Waals surface area (Å²) in [5.41, 5.74) is 1.91. The number of nitrogens with zero attached hydrogens (tertiary/aromatic N) is 1. The van der Waals surface area contributed by atoms with Crippen LogP contribution in [0.1, 0.15) is 50.4 Å². The minimum absolute atomic E-state index is 0.460. The highest BCUT2D eigenvalue weighted by molar-refractivity contribution is 7.09. The lowest BCUT2D eigenvalue weighted by atomic mass is 9.80. The third-order valence-corrected chi connectivity index (χ3v) is 4.81. The molecule has 3 unspecified atom stereocenters. The number of nitrogens with one attached hydrogen (secondary N) is 1. The molecular weight excluding hydrogens is 216 g/mol. The first kappa shape index (κ1) is 12.1. The number of aromatic nitrogens is 1. The van der Waals surface area contributed by atoms with E-state index in [9.17, 15) is 0 Å². The van der Waals surface area contributed by atoms with Crippen molar-refractivity contribution in [3.63, 3.8) is 0 Å². The second-order valence-electron chi connectivity index (χ2n) is 5.06. The molecule has 3 heteroatoms. The van der Waals surface area contributed by atoms with Crippen LogP contribution in [0.2, 0.25) is 0 Å². The molecule has 1 fully saturated rings. The number of hydrogen-bond acceptors (Lipinski definition) is 3. The maximum Gasteiger partial charge on any atom is 0.0794 e. The summed E-state index contributed by atoms with van der Waals surface area (Å²) >= 11 is 1.74. The molecule has 1 aliphatic rings. The van der Waals surface area contributed by atoms with Gasteiger partial charge >= 0.3 is 0 Å². The molecule has 1 aliphatic carbocycles. The summed E-state index contributed by atoms with van der Waals surface area (Å²) in [4.78, 5) is 5.48. The van der Waals surface area contributed by atoms with Crippen molar-refractivity contribution in [3.05, 3.63) is 16.6 Å². The summed E-state index contributed by atoms with van der Waals surface area (Å²) in [7, 11) is 0. The largest absolute Gasteiger partial charge is 0.309 e. The Hall–Kier alpha value is -0.410. The van der Waals surface area contributed by atoms with Gasteiger partial charge in [0.1, 0.15) is 0 Å². The van der Waals surface area contributed by atoms with E-state index in [1.54, 1.807) is 11.3 Å². The first-order chi connectivity index (χ1) is 7.77. The van der Waals surface area contributed by atoms with E-state index in [2.05, 4.69) is 24.1 Å². The van der Waals surface area contributed by atoms with E-state index in [-0.39, 0.29) is 0 Å². The molecule has 2 rings (SSSR count). The van der Waals surface area contributed by atoms with Gasteiger partial charge in [0, 0.05) is 17.1 Å². The molecule has 16 heavy (non-hydrogen) atoms. The topological polar surface area (TPSA) is 24.9 Å². The van der Waals surface area contributed by atoms with Gasteiger partial charge < -0.3 is 5.32 Å². The van der Waals surface area contributed by atoms with Gasteiger partial charge in [-0.2, -0.15) is 0 Å². The lowest BCUT2D eigenvalue weighted by molar-refractivity contribution is 0.242. The van der Waals surface area contributed by atoms with Crippen molar-refractivity contribution in [1.82, 2.24) is 10.3 Å². The van der Waals surface area contributed by atoms with Crippen molar-refractivity contribution in [2.24, 2.45) is 11.8 Å². The maximum absolute atomic E-state index is 4.13. The lowest BCUT2D eigenvalue weighted by Crippen LogP contribution is -2.30. The van der Waals surface area contributed by atoms with Crippen LogP contribution in [0.3, 0.4) is 0 Å². The molecule has 1 aromatic heterocycles. The Morgan fingerprint density at radius 1 is 1.50 bits per heavy atom. The van der Waals surface area contributed by atoms with Gasteiger partial charge in [-0.1, -0.05) is 26.2 Å². The molecule has 0 aliphatic heterocycles. The Morgan fingerprint density at radius 2 is 2.31 bits per heavy atom. The van der Waals surface area contributed by atoms with Crippen LogP contribution in [-0.4, -0.2) is 11.5 Å². The molecule has 0 aromatic carbocycles. The zero-order valence-electron chi connectivity index (χ0n) is 10.3. The summed E-state index contributed by atoms with van der Waals surface area (Å²) in [5, 5.41) is 3.66. The fourth-order valence-corrected chi connectivity index (χ4v) is 3.22. The highest BCUT2D eigenvalue weighted by atomic mass is 32.1. The number of rotatable bonds is 4. The van der Waals surface area contributed by atoms with Crippen LogP contribution >= 0.6 is 11.3 Å². The van der Waals surface area contributed by atoms with E-state index >= 15 is 0 Å². The zero-order chi connectivity index (χ0) is 11.4. The molecule has 1 saturated carbocycles. The van der Waals surface area contributed by atoms with Crippen LogP contribution in [0.5, 0.6) is 0 Å². The Kier molecular flexibility index (Phi) is 4.36. The average molecular weight is 238 g/mol. The molecule has 1 aromatic rings. The molecule has 0 bridgehead atoms. The normalized spacial score (nSPS) is 27.9.